The van der Waals surface area contributed by atoms with Crippen LogP contribution in [-0.4, -0.2) is 71.3 Å². The lowest BCUT2D eigenvalue weighted by Gasteiger charge is -2.35. The van der Waals surface area contributed by atoms with Gasteiger partial charge in [0.05, 0.1) is 0 Å². The SMILES string of the molecule is CCS(=O)(=O)C1CSCCN1C(=O)C1CC(C(=O)O)=NO1. The van der Waals surface area contributed by atoms with E-state index in [0.717, 1.165) is 0 Å². The van der Waals surface area contributed by atoms with Crippen molar-refractivity contribution in [1.82, 2.24) is 4.90 Å². The third kappa shape index (κ3) is 3.31. The Morgan fingerprint density at radius 1 is 1.52 bits per heavy atom. The highest BCUT2D eigenvalue weighted by Crippen LogP contribution is 2.24. The quantitative estimate of drug-likeness (QED) is 0.740. The number of thioether (sulfide) groups is 1. The van der Waals surface area contributed by atoms with Crippen LogP contribution in [0.5, 0.6) is 0 Å². The second kappa shape index (κ2) is 6.22. The number of carbonyl (C=O) groups is 2. The van der Waals surface area contributed by atoms with Crippen LogP contribution in [0.1, 0.15) is 13.3 Å². The van der Waals surface area contributed by atoms with Gasteiger partial charge >= 0.3 is 5.97 Å². The lowest BCUT2D eigenvalue weighted by Crippen LogP contribution is -2.53. The monoisotopic (exact) mass is 336 g/mol. The van der Waals surface area contributed by atoms with Crippen LogP contribution in [0, 0.1) is 0 Å². The van der Waals surface area contributed by atoms with E-state index in [-0.39, 0.29) is 17.9 Å². The van der Waals surface area contributed by atoms with Crippen LogP contribution in [0.15, 0.2) is 5.16 Å². The Labute approximate surface area is 126 Å². The molecule has 1 saturated heterocycles. The highest BCUT2D eigenvalue weighted by Gasteiger charge is 2.41. The van der Waals surface area contributed by atoms with Crippen molar-refractivity contribution in [3.8, 4) is 0 Å². The molecule has 21 heavy (non-hydrogen) atoms. The molecule has 0 spiro atoms. The number of carboxylic acids is 1. The maximum absolute atomic E-state index is 12.4. The number of aliphatic carboxylic acids is 1. The van der Waals surface area contributed by atoms with Crippen LogP contribution in [0.2, 0.25) is 0 Å². The highest BCUT2D eigenvalue weighted by atomic mass is 32.2. The number of hydrogen-bond donors (Lipinski definition) is 1. The van der Waals surface area contributed by atoms with Gasteiger partial charge in [-0.15, -0.1) is 0 Å². The van der Waals surface area contributed by atoms with E-state index in [1.54, 1.807) is 0 Å². The Balaban J connectivity index is 2.12. The Morgan fingerprint density at radius 2 is 2.24 bits per heavy atom. The highest BCUT2D eigenvalue weighted by molar-refractivity contribution is 8.01. The Hall–Kier alpha value is -1.29. The average Bonchev–Trinajstić information content (AvgIpc) is 2.96. The van der Waals surface area contributed by atoms with E-state index >= 15 is 0 Å². The van der Waals surface area contributed by atoms with Crippen molar-refractivity contribution < 1.29 is 28.0 Å². The summed E-state index contributed by atoms with van der Waals surface area (Å²) in [5.74, 6) is -0.846. The van der Waals surface area contributed by atoms with Gasteiger partial charge in [0.15, 0.2) is 15.5 Å². The predicted molar refractivity (Wildman–Crippen MR) is 76.8 cm³/mol. The first-order chi connectivity index (χ1) is 9.86. The van der Waals surface area contributed by atoms with Gasteiger partial charge in [-0.05, 0) is 0 Å². The summed E-state index contributed by atoms with van der Waals surface area (Å²) in [5, 5.41) is 11.3. The molecule has 0 bridgehead atoms. The number of oxime groups is 1. The van der Waals surface area contributed by atoms with Crippen molar-refractivity contribution in [3.63, 3.8) is 0 Å². The second-order valence-electron chi connectivity index (χ2n) is 4.65. The fourth-order valence-corrected chi connectivity index (χ4v) is 5.12. The lowest BCUT2D eigenvalue weighted by atomic mass is 10.1. The van der Waals surface area contributed by atoms with Gasteiger partial charge in [0.2, 0.25) is 6.10 Å². The Kier molecular flexibility index (Phi) is 4.77. The van der Waals surface area contributed by atoms with Gasteiger partial charge in [0.25, 0.3) is 5.91 Å². The van der Waals surface area contributed by atoms with E-state index in [2.05, 4.69) is 5.16 Å². The van der Waals surface area contributed by atoms with Crippen LogP contribution in [-0.2, 0) is 24.3 Å². The molecule has 0 aliphatic carbocycles. The van der Waals surface area contributed by atoms with Crippen molar-refractivity contribution in [1.29, 1.82) is 0 Å². The molecule has 0 saturated carbocycles. The average molecular weight is 336 g/mol. The maximum Gasteiger partial charge on any atom is 0.353 e. The minimum Gasteiger partial charge on any atom is -0.477 e. The molecule has 1 N–H and O–H groups in total. The molecular weight excluding hydrogens is 320 g/mol. The first-order valence-corrected chi connectivity index (χ1v) is 9.29. The number of rotatable bonds is 4. The molecule has 10 heteroatoms. The minimum absolute atomic E-state index is 0.0512. The minimum atomic E-state index is -3.40. The van der Waals surface area contributed by atoms with Gasteiger partial charge in [0.1, 0.15) is 5.37 Å². The lowest BCUT2D eigenvalue weighted by molar-refractivity contribution is -0.142. The van der Waals surface area contributed by atoms with E-state index in [1.807, 2.05) is 0 Å². The molecule has 0 aromatic carbocycles. The third-order valence-corrected chi connectivity index (χ3v) is 6.66. The van der Waals surface area contributed by atoms with Crippen LogP contribution < -0.4 is 0 Å². The topological polar surface area (TPSA) is 113 Å². The molecule has 8 nitrogen and oxygen atoms in total. The molecule has 118 valence electrons. The molecule has 1 amide bonds. The Morgan fingerprint density at radius 3 is 2.81 bits per heavy atom. The molecule has 2 aliphatic heterocycles. The fourth-order valence-electron chi connectivity index (χ4n) is 2.14. The molecule has 0 aromatic rings. The first kappa shape index (κ1) is 16.1. The van der Waals surface area contributed by atoms with Gasteiger partial charge in [-0.2, -0.15) is 11.8 Å². The summed E-state index contributed by atoms with van der Waals surface area (Å²) in [4.78, 5) is 29.3. The summed E-state index contributed by atoms with van der Waals surface area (Å²) in [6.07, 6.45) is -1.19. The summed E-state index contributed by atoms with van der Waals surface area (Å²) >= 11 is 1.48. The van der Waals surface area contributed by atoms with E-state index in [4.69, 9.17) is 9.94 Å². The molecule has 2 rings (SSSR count). The normalized spacial score (nSPS) is 26.1. The van der Waals surface area contributed by atoms with Crippen molar-refractivity contribution in [2.24, 2.45) is 5.16 Å². The number of carbonyl (C=O) groups excluding carboxylic acids is 1. The van der Waals surface area contributed by atoms with Gasteiger partial charge in [-0.25, -0.2) is 13.2 Å². The molecule has 2 atom stereocenters. The number of carboxylic acid groups (broad SMARTS) is 1. The summed E-state index contributed by atoms with van der Waals surface area (Å²) in [6, 6.07) is 0. The van der Waals surface area contributed by atoms with Gasteiger partial charge in [-0.1, -0.05) is 12.1 Å². The largest absolute Gasteiger partial charge is 0.477 e. The van der Waals surface area contributed by atoms with E-state index in [0.29, 0.717) is 18.1 Å². The van der Waals surface area contributed by atoms with Crippen molar-refractivity contribution in [2.75, 3.05) is 23.8 Å². The van der Waals surface area contributed by atoms with Crippen molar-refractivity contribution in [2.45, 2.75) is 24.8 Å². The molecular formula is C11H16N2O6S2. The standard InChI is InChI=1S/C11H16N2O6S2/c1-2-21(17,18)9-6-20-4-3-13(9)10(14)8-5-7(11(15)16)12-19-8/h8-9H,2-6H2,1H3,(H,15,16). The van der Waals surface area contributed by atoms with Gasteiger partial charge in [-0.3, -0.25) is 4.79 Å². The van der Waals surface area contributed by atoms with Crippen LogP contribution in [0.3, 0.4) is 0 Å². The van der Waals surface area contributed by atoms with E-state index in [9.17, 15) is 18.0 Å². The molecule has 0 aromatic heterocycles. The number of sulfone groups is 1. The zero-order valence-electron chi connectivity index (χ0n) is 11.4. The maximum atomic E-state index is 12.4. The first-order valence-electron chi connectivity index (χ1n) is 6.42. The number of hydrogen-bond acceptors (Lipinski definition) is 7. The van der Waals surface area contributed by atoms with Crippen LogP contribution in [0.25, 0.3) is 0 Å². The van der Waals surface area contributed by atoms with Crippen LogP contribution >= 0.6 is 11.8 Å². The third-order valence-electron chi connectivity index (χ3n) is 3.38. The summed E-state index contributed by atoms with van der Waals surface area (Å²) < 4.78 is 24.2. The fraction of sp³-hybridized carbons (Fsp3) is 0.727. The summed E-state index contributed by atoms with van der Waals surface area (Å²) in [6.45, 7) is 1.84. The predicted octanol–water partition coefficient (Wildman–Crippen LogP) is -0.448. The molecule has 2 unspecified atom stereocenters. The van der Waals surface area contributed by atoms with E-state index in [1.165, 1.54) is 23.6 Å². The van der Waals surface area contributed by atoms with Gasteiger partial charge < -0.3 is 14.8 Å². The summed E-state index contributed by atoms with van der Waals surface area (Å²) in [5.41, 5.74) is -0.227. The second-order valence-corrected chi connectivity index (χ2v) is 8.25. The van der Waals surface area contributed by atoms with Crippen LogP contribution in [0.4, 0.5) is 0 Å². The number of amides is 1. The number of nitrogens with zero attached hydrogens (tertiary/aromatic N) is 2. The Bertz CT molecular complexity index is 573. The summed E-state index contributed by atoms with van der Waals surface area (Å²) in [7, 11) is -3.40. The van der Waals surface area contributed by atoms with Gasteiger partial charge in [0, 0.05) is 30.2 Å². The molecule has 2 heterocycles. The zero-order chi connectivity index (χ0) is 15.6. The molecule has 1 fully saturated rings. The molecule has 2 aliphatic rings. The van der Waals surface area contributed by atoms with Crippen molar-refractivity contribution >= 4 is 39.2 Å². The smallest absolute Gasteiger partial charge is 0.353 e. The van der Waals surface area contributed by atoms with Crippen molar-refractivity contribution in [3.05, 3.63) is 0 Å². The zero-order valence-corrected chi connectivity index (χ0v) is 13.0. The molecule has 0 radical (unpaired) electrons. The van der Waals surface area contributed by atoms with E-state index < -0.39 is 33.2 Å².